The van der Waals surface area contributed by atoms with Crippen LogP contribution in [0.4, 0.5) is 5.82 Å². The van der Waals surface area contributed by atoms with Crippen LogP contribution in [0, 0.1) is 28.6 Å². The van der Waals surface area contributed by atoms with Gasteiger partial charge in [-0.05, 0) is 18.6 Å². The van der Waals surface area contributed by atoms with E-state index in [1.165, 1.54) is 6.33 Å². The zero-order chi connectivity index (χ0) is 27.8. The number of pyridine rings is 1. The molecule has 200 valence electrons. The van der Waals surface area contributed by atoms with Crippen molar-refractivity contribution in [3.8, 4) is 23.4 Å². The third-order valence-electron chi connectivity index (χ3n) is 6.45. The Labute approximate surface area is 240 Å². The van der Waals surface area contributed by atoms with Gasteiger partial charge in [0.25, 0.3) is 0 Å². The summed E-state index contributed by atoms with van der Waals surface area (Å²) in [6.07, 6.45) is 10.0. The molecule has 0 spiro atoms. The molecule has 39 heavy (non-hydrogen) atoms. The largest absolute Gasteiger partial charge is 0.380 e. The van der Waals surface area contributed by atoms with Crippen LogP contribution in [0.5, 0.6) is 0 Å². The molecule has 4 aromatic heterocycles. The minimum Gasteiger partial charge on any atom is -0.380 e. The summed E-state index contributed by atoms with van der Waals surface area (Å²) >= 11 is 14.8. The number of methoxy groups -OCH3 is 1. The maximum Gasteiger partial charge on any atom is 0.146 e. The van der Waals surface area contributed by atoms with Crippen molar-refractivity contribution >= 4 is 51.7 Å². The van der Waals surface area contributed by atoms with E-state index < -0.39 is 0 Å². The summed E-state index contributed by atoms with van der Waals surface area (Å²) in [6.45, 7) is 1.81. The first-order valence-corrected chi connectivity index (χ1v) is 13.1. The molecule has 0 aromatic carbocycles. The Kier molecular flexibility index (Phi) is 9.74. The number of nitrogens with one attached hydrogen (secondary N) is 1. The van der Waals surface area contributed by atoms with E-state index in [0.29, 0.717) is 31.0 Å². The van der Waals surface area contributed by atoms with Gasteiger partial charge in [0, 0.05) is 66.8 Å². The van der Waals surface area contributed by atoms with Crippen molar-refractivity contribution in [2.45, 2.75) is 25.5 Å². The molecular weight excluding hydrogens is 561 g/mol. The maximum absolute atomic E-state index is 9.75. The van der Waals surface area contributed by atoms with Gasteiger partial charge in [-0.1, -0.05) is 34.8 Å². The predicted octanol–water partition coefficient (Wildman–Crippen LogP) is 5.72. The van der Waals surface area contributed by atoms with E-state index in [2.05, 4.69) is 42.1 Å². The second kappa shape index (κ2) is 13.4. The summed E-state index contributed by atoms with van der Waals surface area (Å²) in [5.41, 5.74) is 4.91. The third kappa shape index (κ3) is 6.49. The molecule has 0 bridgehead atoms. The second-order valence-electron chi connectivity index (χ2n) is 8.71. The molecule has 1 aliphatic rings. The predicted molar refractivity (Wildman–Crippen MR) is 150 cm³/mol. The maximum atomic E-state index is 9.75. The normalized spacial score (nSPS) is 15.2. The van der Waals surface area contributed by atoms with E-state index in [4.69, 9.17) is 39.5 Å². The van der Waals surface area contributed by atoms with E-state index >= 15 is 0 Å². The van der Waals surface area contributed by atoms with Gasteiger partial charge in [0.1, 0.15) is 33.9 Å². The molecule has 5 heterocycles. The smallest absolute Gasteiger partial charge is 0.146 e. The Morgan fingerprint density at radius 1 is 1.28 bits per heavy atom. The number of nitriles is 2. The molecule has 2 atom stereocenters. The number of aromatic amines is 1. The fraction of sp³-hybridized carbons (Fsp3) is 0.308. The minimum atomic E-state index is -0.0972. The van der Waals surface area contributed by atoms with E-state index in [9.17, 15) is 10.5 Å². The number of anilines is 1. The molecule has 13 heteroatoms. The number of aromatic nitrogens is 6. The first-order chi connectivity index (χ1) is 19.0. The van der Waals surface area contributed by atoms with Crippen LogP contribution >= 0.6 is 34.8 Å². The van der Waals surface area contributed by atoms with E-state index in [0.717, 1.165) is 46.4 Å². The summed E-state index contributed by atoms with van der Waals surface area (Å²) < 4.78 is 7.21. The molecule has 4 aromatic rings. The minimum absolute atomic E-state index is 0.0895. The highest BCUT2D eigenvalue weighted by atomic mass is 35.5. The van der Waals surface area contributed by atoms with Gasteiger partial charge in [-0.2, -0.15) is 15.6 Å². The average molecular weight is 585 g/mol. The molecular formula is C26H24Cl3N9O. The Morgan fingerprint density at radius 2 is 2.10 bits per heavy atom. The molecule has 1 saturated heterocycles. The zero-order valence-corrected chi connectivity index (χ0v) is 23.2. The topological polar surface area (TPSA) is 132 Å². The van der Waals surface area contributed by atoms with Crippen LogP contribution in [0.1, 0.15) is 30.0 Å². The Morgan fingerprint density at radius 3 is 2.82 bits per heavy atom. The average Bonchev–Trinajstić information content (AvgIpc) is 3.73. The first kappa shape index (κ1) is 28.3. The number of H-pyrrole nitrogens is 1. The van der Waals surface area contributed by atoms with Crippen LogP contribution in [-0.2, 0) is 11.3 Å². The lowest BCUT2D eigenvalue weighted by Crippen LogP contribution is -2.26. The standard InChI is InChI=1S/C24H23N9O.C2HCl3/c1-34-14-17-3-7-28-24(20(17)10-26)32-9-5-16(12-32)21(2-6-25)33-13-18(11-31-33)22-19-4-8-27-23(19)30-15-29-22;3-1-2(4)5/h3-4,7-8,11,13,15-16,21H,2,5,9,12,14H2,1H3,(H,27,29,30);1H/t16-,21-;/m0./s1. The first-order valence-electron chi connectivity index (χ1n) is 11.9. The van der Waals surface area contributed by atoms with Crippen LogP contribution < -0.4 is 4.90 Å². The lowest BCUT2D eigenvalue weighted by atomic mass is 9.96. The number of hydrogen-bond acceptors (Lipinski definition) is 8. The molecule has 0 amide bonds. The highest BCUT2D eigenvalue weighted by Gasteiger charge is 2.33. The van der Waals surface area contributed by atoms with Gasteiger partial charge in [-0.25, -0.2) is 15.0 Å². The van der Waals surface area contributed by atoms with Gasteiger partial charge in [-0.15, -0.1) is 0 Å². The van der Waals surface area contributed by atoms with Crippen LogP contribution in [0.25, 0.3) is 22.3 Å². The fourth-order valence-electron chi connectivity index (χ4n) is 4.73. The summed E-state index contributed by atoms with van der Waals surface area (Å²) in [5.74, 6) is 0.858. The quantitative estimate of drug-likeness (QED) is 0.292. The highest BCUT2D eigenvalue weighted by molar-refractivity contribution is 6.58. The van der Waals surface area contributed by atoms with E-state index in [-0.39, 0.29) is 16.5 Å². The van der Waals surface area contributed by atoms with Gasteiger partial charge in [0.05, 0.1) is 37.0 Å². The molecule has 0 saturated carbocycles. The van der Waals surface area contributed by atoms with Crippen molar-refractivity contribution in [1.29, 1.82) is 10.5 Å². The van der Waals surface area contributed by atoms with Crippen LogP contribution in [-0.4, -0.2) is 49.9 Å². The molecule has 1 fully saturated rings. The van der Waals surface area contributed by atoms with Crippen LogP contribution in [0.15, 0.2) is 53.3 Å². The van der Waals surface area contributed by atoms with E-state index in [1.807, 2.05) is 29.2 Å². The summed E-state index contributed by atoms with van der Waals surface area (Å²) in [7, 11) is 1.61. The SMILES string of the molecule is COCc1ccnc(N2CC[C@H]([C@H](CC#N)n3cc(-c4ncnc5[nH]ccc45)cn3)C2)c1C#N.ClC=C(Cl)Cl. The molecule has 5 rings (SSSR count). The number of halogens is 3. The van der Waals surface area contributed by atoms with Gasteiger partial charge in [-0.3, -0.25) is 4.68 Å². The second-order valence-corrected chi connectivity index (χ2v) is 9.93. The van der Waals surface area contributed by atoms with Crippen molar-refractivity contribution in [1.82, 2.24) is 29.7 Å². The van der Waals surface area contributed by atoms with Gasteiger partial charge >= 0.3 is 0 Å². The zero-order valence-electron chi connectivity index (χ0n) is 20.9. The molecule has 1 aliphatic heterocycles. The Balaban J connectivity index is 0.000000648. The number of rotatable bonds is 7. The molecule has 10 nitrogen and oxygen atoms in total. The van der Waals surface area contributed by atoms with Crippen LogP contribution in [0.2, 0.25) is 0 Å². The van der Waals surface area contributed by atoms with Crippen molar-refractivity contribution < 1.29 is 4.74 Å². The molecule has 1 N–H and O–H groups in total. The van der Waals surface area contributed by atoms with Crippen molar-refractivity contribution in [2.75, 3.05) is 25.1 Å². The highest BCUT2D eigenvalue weighted by Crippen LogP contribution is 2.35. The third-order valence-corrected chi connectivity index (χ3v) is 7.11. The Bertz CT molecular complexity index is 1530. The van der Waals surface area contributed by atoms with Crippen molar-refractivity contribution in [3.05, 3.63) is 64.4 Å². The summed E-state index contributed by atoms with van der Waals surface area (Å²) in [6, 6.07) is 8.28. The van der Waals surface area contributed by atoms with Gasteiger partial charge < -0.3 is 14.6 Å². The fourth-order valence-corrected chi connectivity index (χ4v) is 4.73. The lowest BCUT2D eigenvalue weighted by Gasteiger charge is -2.23. The van der Waals surface area contributed by atoms with Crippen molar-refractivity contribution in [3.63, 3.8) is 0 Å². The summed E-state index contributed by atoms with van der Waals surface area (Å²) in [5, 5.41) is 24.8. The Hall–Kier alpha value is -3.67. The number of nitrogens with zero attached hydrogens (tertiary/aromatic N) is 8. The van der Waals surface area contributed by atoms with E-state index in [1.54, 1.807) is 19.5 Å². The van der Waals surface area contributed by atoms with Crippen LogP contribution in [0.3, 0.4) is 0 Å². The summed E-state index contributed by atoms with van der Waals surface area (Å²) in [4.78, 5) is 18.4. The van der Waals surface area contributed by atoms with Gasteiger partial charge in [0.15, 0.2) is 0 Å². The van der Waals surface area contributed by atoms with Gasteiger partial charge in [0.2, 0.25) is 0 Å². The molecule has 0 radical (unpaired) electrons. The molecule has 0 unspecified atom stereocenters. The molecule has 0 aliphatic carbocycles. The van der Waals surface area contributed by atoms with Crippen molar-refractivity contribution in [2.24, 2.45) is 5.92 Å². The number of ether oxygens (including phenoxy) is 1. The monoisotopic (exact) mass is 583 g/mol. The number of hydrogen-bond donors (Lipinski definition) is 1. The number of fused-ring (bicyclic) bond motifs is 1. The lowest BCUT2D eigenvalue weighted by molar-refractivity contribution is 0.184.